The third-order valence-corrected chi connectivity index (χ3v) is 2.53. The number of nitrogens with two attached hydrogens (primary N) is 1. The Morgan fingerprint density at radius 3 is 2.88 bits per heavy atom. The molecule has 0 unspecified atom stereocenters. The van der Waals surface area contributed by atoms with Crippen molar-refractivity contribution in [3.05, 3.63) is 23.4 Å². The first-order valence-electron chi connectivity index (χ1n) is 5.24. The highest BCUT2D eigenvalue weighted by Crippen LogP contribution is 2.11. The number of anilines is 1. The van der Waals surface area contributed by atoms with Crippen LogP contribution in [0.15, 0.2) is 12.1 Å². The number of nitrogen functional groups attached to an aromatic ring is 1. The maximum absolute atomic E-state index is 8.79. The number of rotatable bonds is 2. The molecule has 1 aliphatic heterocycles. The maximum Gasteiger partial charge on any atom is 0.143 e. The standard InChI is InChI=1S/C11H14N4O/c12-7-10-5-9(6-11(13)14-10)8-15-1-3-16-4-2-15/h5-6H,1-4,8H2,(H2,13,14). The zero-order valence-corrected chi connectivity index (χ0v) is 9.02. The van der Waals surface area contributed by atoms with E-state index in [1.54, 1.807) is 6.07 Å². The summed E-state index contributed by atoms with van der Waals surface area (Å²) in [5, 5.41) is 8.79. The van der Waals surface area contributed by atoms with E-state index in [0.29, 0.717) is 11.5 Å². The smallest absolute Gasteiger partial charge is 0.143 e. The number of hydrogen-bond donors (Lipinski definition) is 1. The van der Waals surface area contributed by atoms with Crippen LogP contribution in [-0.2, 0) is 11.3 Å². The molecule has 1 saturated heterocycles. The Morgan fingerprint density at radius 2 is 2.19 bits per heavy atom. The minimum absolute atomic E-state index is 0.378. The molecule has 5 heteroatoms. The van der Waals surface area contributed by atoms with Crippen LogP contribution in [0.2, 0.25) is 0 Å². The Bertz CT molecular complexity index is 407. The van der Waals surface area contributed by atoms with Gasteiger partial charge in [-0.15, -0.1) is 0 Å². The largest absolute Gasteiger partial charge is 0.384 e. The molecular formula is C11H14N4O. The second kappa shape index (κ2) is 4.92. The predicted molar refractivity (Wildman–Crippen MR) is 59.5 cm³/mol. The fraction of sp³-hybridized carbons (Fsp3) is 0.455. The molecule has 2 N–H and O–H groups in total. The van der Waals surface area contributed by atoms with Crippen LogP contribution in [0, 0.1) is 11.3 Å². The van der Waals surface area contributed by atoms with Gasteiger partial charge in [-0.05, 0) is 17.7 Å². The van der Waals surface area contributed by atoms with Gasteiger partial charge in [0.2, 0.25) is 0 Å². The van der Waals surface area contributed by atoms with E-state index in [-0.39, 0.29) is 0 Å². The molecule has 2 rings (SSSR count). The molecule has 0 saturated carbocycles. The first-order chi connectivity index (χ1) is 7.78. The minimum atomic E-state index is 0.378. The minimum Gasteiger partial charge on any atom is -0.384 e. The first kappa shape index (κ1) is 10.9. The summed E-state index contributed by atoms with van der Waals surface area (Å²) in [7, 11) is 0. The van der Waals surface area contributed by atoms with Crippen molar-refractivity contribution in [1.29, 1.82) is 5.26 Å². The Morgan fingerprint density at radius 1 is 1.44 bits per heavy atom. The zero-order valence-electron chi connectivity index (χ0n) is 9.02. The molecule has 1 aliphatic rings. The molecule has 0 bridgehead atoms. The van der Waals surface area contributed by atoms with E-state index in [2.05, 4.69) is 9.88 Å². The normalized spacial score (nSPS) is 16.9. The number of aromatic nitrogens is 1. The molecule has 2 heterocycles. The highest BCUT2D eigenvalue weighted by Gasteiger charge is 2.11. The van der Waals surface area contributed by atoms with Crippen molar-refractivity contribution in [3.8, 4) is 6.07 Å². The van der Waals surface area contributed by atoms with Crippen molar-refractivity contribution < 1.29 is 4.74 Å². The van der Waals surface area contributed by atoms with Gasteiger partial charge in [0.25, 0.3) is 0 Å². The average molecular weight is 218 g/mol. The lowest BCUT2D eigenvalue weighted by Crippen LogP contribution is -2.35. The predicted octanol–water partition coefficient (Wildman–Crippen LogP) is 0.368. The SMILES string of the molecule is N#Cc1cc(CN2CCOCC2)cc(N)n1. The molecule has 1 aromatic rings. The third-order valence-electron chi connectivity index (χ3n) is 2.53. The van der Waals surface area contributed by atoms with E-state index >= 15 is 0 Å². The summed E-state index contributed by atoms with van der Waals surface area (Å²) in [6.07, 6.45) is 0. The van der Waals surface area contributed by atoms with Crippen molar-refractivity contribution in [2.75, 3.05) is 32.0 Å². The Labute approximate surface area is 94.4 Å². The van der Waals surface area contributed by atoms with Gasteiger partial charge in [0, 0.05) is 19.6 Å². The summed E-state index contributed by atoms with van der Waals surface area (Å²) in [5.41, 5.74) is 7.05. The Balaban J connectivity index is 2.08. The lowest BCUT2D eigenvalue weighted by Gasteiger charge is -2.26. The van der Waals surface area contributed by atoms with Crippen LogP contribution in [0.5, 0.6) is 0 Å². The summed E-state index contributed by atoms with van der Waals surface area (Å²) in [4.78, 5) is 6.20. The van der Waals surface area contributed by atoms with Gasteiger partial charge in [0.15, 0.2) is 0 Å². The van der Waals surface area contributed by atoms with Gasteiger partial charge in [-0.3, -0.25) is 4.90 Å². The van der Waals surface area contributed by atoms with Gasteiger partial charge < -0.3 is 10.5 Å². The van der Waals surface area contributed by atoms with E-state index in [9.17, 15) is 0 Å². The second-order valence-electron chi connectivity index (χ2n) is 3.79. The van der Waals surface area contributed by atoms with E-state index in [1.807, 2.05) is 12.1 Å². The second-order valence-corrected chi connectivity index (χ2v) is 3.79. The molecule has 0 radical (unpaired) electrons. The molecule has 0 amide bonds. The molecule has 0 aliphatic carbocycles. The van der Waals surface area contributed by atoms with E-state index < -0.39 is 0 Å². The first-order valence-corrected chi connectivity index (χ1v) is 5.24. The van der Waals surface area contributed by atoms with E-state index in [4.69, 9.17) is 15.7 Å². The highest BCUT2D eigenvalue weighted by atomic mass is 16.5. The number of nitriles is 1. The molecule has 0 atom stereocenters. The third kappa shape index (κ3) is 2.69. The Kier molecular flexibility index (Phi) is 3.34. The molecule has 84 valence electrons. The van der Waals surface area contributed by atoms with Crippen molar-refractivity contribution >= 4 is 5.82 Å². The number of pyridine rings is 1. The van der Waals surface area contributed by atoms with Crippen LogP contribution in [-0.4, -0.2) is 36.2 Å². The van der Waals surface area contributed by atoms with Crippen molar-refractivity contribution in [2.45, 2.75) is 6.54 Å². The monoisotopic (exact) mass is 218 g/mol. The topological polar surface area (TPSA) is 75.2 Å². The van der Waals surface area contributed by atoms with Crippen LogP contribution in [0.3, 0.4) is 0 Å². The fourth-order valence-electron chi connectivity index (χ4n) is 1.78. The molecule has 5 nitrogen and oxygen atoms in total. The van der Waals surface area contributed by atoms with Crippen molar-refractivity contribution in [2.24, 2.45) is 0 Å². The van der Waals surface area contributed by atoms with Crippen LogP contribution in [0.1, 0.15) is 11.3 Å². The fourth-order valence-corrected chi connectivity index (χ4v) is 1.78. The van der Waals surface area contributed by atoms with Gasteiger partial charge in [0.05, 0.1) is 13.2 Å². The molecule has 0 spiro atoms. The lowest BCUT2D eigenvalue weighted by molar-refractivity contribution is 0.0342. The number of morpholine rings is 1. The summed E-state index contributed by atoms with van der Waals surface area (Å²) in [5.74, 6) is 0.405. The van der Waals surface area contributed by atoms with Gasteiger partial charge >= 0.3 is 0 Å². The van der Waals surface area contributed by atoms with E-state index in [0.717, 1.165) is 38.4 Å². The van der Waals surface area contributed by atoms with E-state index in [1.165, 1.54) is 0 Å². The van der Waals surface area contributed by atoms with Crippen LogP contribution in [0.25, 0.3) is 0 Å². The van der Waals surface area contributed by atoms with Crippen LogP contribution < -0.4 is 5.73 Å². The number of nitrogens with zero attached hydrogens (tertiary/aromatic N) is 3. The summed E-state index contributed by atoms with van der Waals surface area (Å²) < 4.78 is 5.27. The number of hydrogen-bond acceptors (Lipinski definition) is 5. The van der Waals surface area contributed by atoms with Crippen molar-refractivity contribution in [3.63, 3.8) is 0 Å². The number of ether oxygens (including phenoxy) is 1. The Hall–Kier alpha value is -1.64. The summed E-state index contributed by atoms with van der Waals surface area (Å²) in [6, 6.07) is 5.61. The van der Waals surface area contributed by atoms with Gasteiger partial charge in [-0.2, -0.15) is 5.26 Å². The van der Waals surface area contributed by atoms with Crippen LogP contribution >= 0.6 is 0 Å². The molecule has 1 aromatic heterocycles. The van der Waals surface area contributed by atoms with Gasteiger partial charge in [-0.1, -0.05) is 0 Å². The highest BCUT2D eigenvalue weighted by molar-refractivity contribution is 5.38. The zero-order chi connectivity index (χ0) is 11.4. The molecule has 1 fully saturated rings. The molecular weight excluding hydrogens is 204 g/mol. The molecule has 0 aromatic carbocycles. The summed E-state index contributed by atoms with van der Waals surface area (Å²) >= 11 is 0. The van der Waals surface area contributed by atoms with Crippen LogP contribution in [0.4, 0.5) is 5.82 Å². The lowest BCUT2D eigenvalue weighted by atomic mass is 10.2. The molecule has 16 heavy (non-hydrogen) atoms. The maximum atomic E-state index is 8.79. The van der Waals surface area contributed by atoms with Gasteiger partial charge in [-0.25, -0.2) is 4.98 Å². The van der Waals surface area contributed by atoms with Gasteiger partial charge in [0.1, 0.15) is 17.6 Å². The quantitative estimate of drug-likeness (QED) is 0.776. The summed E-state index contributed by atoms with van der Waals surface area (Å²) in [6.45, 7) is 4.18. The average Bonchev–Trinajstić information content (AvgIpc) is 2.29. The van der Waals surface area contributed by atoms with Crippen molar-refractivity contribution in [1.82, 2.24) is 9.88 Å².